The fraction of sp³-hybridized carbons (Fsp3) is 0.625. The third kappa shape index (κ3) is 3.84. The average molecular weight is 328 g/mol. The number of benzene rings is 1. The number of hydrogen-bond donors (Lipinski definition) is 1. The molecule has 23 heavy (non-hydrogen) atoms. The summed E-state index contributed by atoms with van der Waals surface area (Å²) in [7, 11) is -1.12. The van der Waals surface area contributed by atoms with E-state index in [2.05, 4.69) is 0 Å². The topological polar surface area (TPSA) is 47.9 Å². The second-order valence-corrected chi connectivity index (χ2v) is 7.49. The van der Waals surface area contributed by atoms with Crippen LogP contribution in [0.3, 0.4) is 0 Å². The number of aliphatic hydroxyl groups is 1. The Hall–Kier alpha value is -1.18. The summed E-state index contributed by atoms with van der Waals surface area (Å²) >= 11 is 0. The van der Waals surface area contributed by atoms with E-state index in [0.29, 0.717) is 0 Å². The molecule has 0 unspecified atom stereocenters. The molecule has 1 aromatic rings. The quantitative estimate of drug-likeness (QED) is 0.863. The largest absolute Gasteiger partial charge is 0.500 e. The van der Waals surface area contributed by atoms with E-state index in [1.54, 1.807) is 13.8 Å². The molecular formula is C16H23BF2O4. The minimum Gasteiger partial charge on any atom is -0.490 e. The molecule has 4 nitrogen and oxygen atoms in total. The van der Waals surface area contributed by atoms with Gasteiger partial charge in [0.25, 0.3) is 0 Å². The Balaban J connectivity index is 2.25. The molecule has 1 aromatic carbocycles. The van der Waals surface area contributed by atoms with Crippen LogP contribution in [0.25, 0.3) is 0 Å². The molecule has 1 heterocycles. The molecule has 1 N–H and O–H groups in total. The lowest BCUT2D eigenvalue weighted by atomic mass is 9.78. The maximum Gasteiger partial charge on any atom is 0.500 e. The molecule has 0 atom stereocenters. The highest BCUT2D eigenvalue weighted by Gasteiger charge is 2.53. The summed E-state index contributed by atoms with van der Waals surface area (Å²) in [6.45, 7) is 10.2. The van der Waals surface area contributed by atoms with E-state index in [-0.39, 0.29) is 17.8 Å². The molecule has 1 fully saturated rings. The van der Waals surface area contributed by atoms with Gasteiger partial charge in [0.1, 0.15) is 24.0 Å². The van der Waals surface area contributed by atoms with Crippen LogP contribution in [-0.2, 0) is 9.31 Å². The SMILES string of the molecule is CC(C)(O)COc1cc(F)c(B2OC(C)(C)C(C)(C)O2)c(F)c1. The Labute approximate surface area is 135 Å². The second-order valence-electron chi connectivity index (χ2n) is 7.49. The predicted octanol–water partition coefficient (Wildman–Crippen LogP) is 2.41. The second kappa shape index (κ2) is 5.72. The van der Waals surface area contributed by atoms with E-state index >= 15 is 0 Å². The fourth-order valence-corrected chi connectivity index (χ4v) is 2.09. The Bertz CT molecular complexity index is 557. The van der Waals surface area contributed by atoms with Crippen LogP contribution >= 0.6 is 0 Å². The van der Waals surface area contributed by atoms with Gasteiger partial charge in [-0.15, -0.1) is 0 Å². The van der Waals surface area contributed by atoms with Gasteiger partial charge >= 0.3 is 7.12 Å². The minimum absolute atomic E-state index is 0.00222. The van der Waals surface area contributed by atoms with Crippen LogP contribution in [0, 0.1) is 11.6 Å². The van der Waals surface area contributed by atoms with Gasteiger partial charge in [-0.3, -0.25) is 0 Å². The van der Waals surface area contributed by atoms with Crippen molar-refractivity contribution in [2.24, 2.45) is 0 Å². The van der Waals surface area contributed by atoms with Gasteiger partial charge < -0.3 is 19.2 Å². The summed E-state index contributed by atoms with van der Waals surface area (Å²) in [5, 5.41) is 9.61. The van der Waals surface area contributed by atoms with Crippen LogP contribution in [0.5, 0.6) is 5.75 Å². The molecule has 1 saturated heterocycles. The van der Waals surface area contributed by atoms with Crippen molar-refractivity contribution in [1.29, 1.82) is 0 Å². The predicted molar refractivity (Wildman–Crippen MR) is 83.9 cm³/mol. The van der Waals surface area contributed by atoms with Gasteiger partial charge in [0, 0.05) is 12.1 Å². The number of halogens is 2. The van der Waals surface area contributed by atoms with Crippen molar-refractivity contribution in [2.75, 3.05) is 6.61 Å². The summed E-state index contributed by atoms with van der Waals surface area (Å²) in [4.78, 5) is 0. The van der Waals surface area contributed by atoms with Crippen molar-refractivity contribution in [3.8, 4) is 5.75 Å². The highest BCUT2D eigenvalue weighted by molar-refractivity contribution is 6.62. The van der Waals surface area contributed by atoms with Crippen LogP contribution < -0.4 is 10.2 Å². The van der Waals surface area contributed by atoms with Crippen molar-refractivity contribution < 1.29 is 27.9 Å². The molecule has 1 aliphatic rings. The lowest BCUT2D eigenvalue weighted by molar-refractivity contribution is 0.00578. The molecule has 1 aliphatic heterocycles. The molecule has 2 rings (SSSR count). The summed E-state index contributed by atoms with van der Waals surface area (Å²) in [5.74, 6) is -1.62. The first kappa shape index (κ1) is 18.2. The number of hydrogen-bond acceptors (Lipinski definition) is 4. The third-order valence-corrected chi connectivity index (χ3v) is 4.13. The van der Waals surface area contributed by atoms with Crippen LogP contribution in [0.1, 0.15) is 41.5 Å². The van der Waals surface area contributed by atoms with Crippen LogP contribution in [0.15, 0.2) is 12.1 Å². The van der Waals surface area contributed by atoms with Crippen LogP contribution in [0.4, 0.5) is 8.78 Å². The molecule has 7 heteroatoms. The van der Waals surface area contributed by atoms with Crippen molar-refractivity contribution >= 4 is 12.6 Å². The van der Waals surface area contributed by atoms with Crippen LogP contribution in [-0.4, -0.2) is 35.6 Å². The monoisotopic (exact) mass is 328 g/mol. The van der Waals surface area contributed by atoms with Gasteiger partial charge in [0.15, 0.2) is 0 Å². The zero-order valence-electron chi connectivity index (χ0n) is 14.4. The van der Waals surface area contributed by atoms with E-state index in [1.807, 2.05) is 27.7 Å². The normalized spacial score (nSPS) is 20.0. The minimum atomic E-state index is -1.12. The van der Waals surface area contributed by atoms with Gasteiger partial charge in [-0.2, -0.15) is 0 Å². The molecule has 0 bridgehead atoms. The van der Waals surface area contributed by atoms with Gasteiger partial charge in [-0.25, -0.2) is 8.78 Å². The number of ether oxygens (including phenoxy) is 1. The highest BCUT2D eigenvalue weighted by Crippen LogP contribution is 2.37. The Morgan fingerprint density at radius 3 is 1.91 bits per heavy atom. The molecule has 0 spiro atoms. The van der Waals surface area contributed by atoms with Crippen molar-refractivity contribution in [2.45, 2.75) is 58.3 Å². The summed E-state index contributed by atoms with van der Waals surface area (Å²) in [6, 6.07) is 2.13. The van der Waals surface area contributed by atoms with Crippen LogP contribution in [0.2, 0.25) is 0 Å². The van der Waals surface area contributed by atoms with Gasteiger partial charge in [0.05, 0.1) is 22.3 Å². The van der Waals surface area contributed by atoms with E-state index < -0.39 is 35.6 Å². The van der Waals surface area contributed by atoms with E-state index in [4.69, 9.17) is 14.0 Å². The Morgan fingerprint density at radius 1 is 1.09 bits per heavy atom. The zero-order valence-corrected chi connectivity index (χ0v) is 14.4. The fourth-order valence-electron chi connectivity index (χ4n) is 2.09. The standard InChI is InChI=1S/C16H23BF2O4/c1-14(2,20)9-21-10-7-11(18)13(12(19)8-10)17-22-15(3,4)16(5,6)23-17/h7-8,20H,9H2,1-6H3. The summed E-state index contributed by atoms with van der Waals surface area (Å²) < 4.78 is 45.3. The maximum absolute atomic E-state index is 14.3. The lowest BCUT2D eigenvalue weighted by Crippen LogP contribution is -2.41. The first-order chi connectivity index (χ1) is 10.3. The van der Waals surface area contributed by atoms with E-state index in [0.717, 1.165) is 12.1 Å². The third-order valence-electron chi connectivity index (χ3n) is 4.13. The molecule has 0 aromatic heterocycles. The molecular weight excluding hydrogens is 305 g/mol. The maximum atomic E-state index is 14.3. The lowest BCUT2D eigenvalue weighted by Gasteiger charge is -2.32. The number of rotatable bonds is 4. The van der Waals surface area contributed by atoms with E-state index in [9.17, 15) is 13.9 Å². The molecule has 0 saturated carbocycles. The van der Waals surface area contributed by atoms with Crippen molar-refractivity contribution in [3.63, 3.8) is 0 Å². The first-order valence-electron chi connectivity index (χ1n) is 7.52. The Morgan fingerprint density at radius 2 is 1.52 bits per heavy atom. The molecule has 0 amide bonds. The van der Waals surface area contributed by atoms with E-state index in [1.165, 1.54) is 0 Å². The smallest absolute Gasteiger partial charge is 0.490 e. The molecule has 0 aliphatic carbocycles. The van der Waals surface area contributed by atoms with Gasteiger partial charge in [-0.1, -0.05) is 0 Å². The first-order valence-corrected chi connectivity index (χ1v) is 7.52. The highest BCUT2D eigenvalue weighted by atomic mass is 19.1. The summed E-state index contributed by atoms with van der Waals surface area (Å²) in [5.41, 5.74) is -2.75. The van der Waals surface area contributed by atoms with Gasteiger partial charge in [-0.05, 0) is 41.5 Å². The van der Waals surface area contributed by atoms with Gasteiger partial charge in [0.2, 0.25) is 0 Å². The Kier molecular flexibility index (Phi) is 4.52. The summed E-state index contributed by atoms with van der Waals surface area (Å²) in [6.07, 6.45) is 0. The van der Waals surface area contributed by atoms with Crippen molar-refractivity contribution in [3.05, 3.63) is 23.8 Å². The molecule has 0 radical (unpaired) electrons. The zero-order chi connectivity index (χ0) is 17.6. The average Bonchev–Trinajstić information content (AvgIpc) is 2.53. The van der Waals surface area contributed by atoms with Crippen molar-refractivity contribution in [1.82, 2.24) is 0 Å². The molecule has 128 valence electrons.